The van der Waals surface area contributed by atoms with E-state index in [4.69, 9.17) is 5.41 Å². The van der Waals surface area contributed by atoms with Crippen molar-refractivity contribution < 1.29 is 4.79 Å². The van der Waals surface area contributed by atoms with Gasteiger partial charge in [-0.1, -0.05) is 0 Å². The fraction of sp³-hybridized carbons (Fsp3) is 0.222. The monoisotopic (exact) mass is 220 g/mol. The van der Waals surface area contributed by atoms with Crippen LogP contribution in [0.1, 0.15) is 17.3 Å². The van der Waals surface area contributed by atoms with E-state index in [-0.39, 0.29) is 5.91 Å². The van der Waals surface area contributed by atoms with Crippen LogP contribution < -0.4 is 10.6 Å². The number of amides is 1. The minimum Gasteiger partial charge on any atom is -0.355 e. The van der Waals surface area contributed by atoms with E-state index in [1.807, 2.05) is 0 Å². The molecule has 0 radical (unpaired) electrons. The number of carbonyl (C=O) groups is 1. The van der Waals surface area contributed by atoms with Crippen LogP contribution in [0.3, 0.4) is 0 Å². The first-order valence-corrected chi connectivity index (χ1v) is 4.52. The maximum Gasteiger partial charge on any atom is 0.254 e. The summed E-state index contributed by atoms with van der Waals surface area (Å²) in [6, 6.07) is 0. The van der Waals surface area contributed by atoms with Crippen LogP contribution in [-0.4, -0.2) is 35.1 Å². The molecule has 0 atom stereocenters. The molecule has 1 aromatic rings. The Hall–Kier alpha value is -2.31. The van der Waals surface area contributed by atoms with E-state index >= 15 is 0 Å². The minimum absolute atomic E-state index is 0.239. The maximum absolute atomic E-state index is 11.2. The first-order chi connectivity index (χ1) is 7.67. The standard InChI is InChI=1S/C9H12N6O/c1-6(14-5-10)15-9-12-3-7(4-13-9)8(16)11-2/h3-5H,1-2H3,(H,11,16)(H2,10,12,13,14,15). The number of carbonyl (C=O) groups excluding carboxylic acids is 1. The summed E-state index contributed by atoms with van der Waals surface area (Å²) in [7, 11) is 1.54. The lowest BCUT2D eigenvalue weighted by Crippen LogP contribution is -2.19. The third-order valence-corrected chi connectivity index (χ3v) is 1.69. The largest absolute Gasteiger partial charge is 0.355 e. The number of aliphatic imine (C=N–C) groups is 1. The number of anilines is 1. The van der Waals surface area contributed by atoms with E-state index in [2.05, 4.69) is 25.6 Å². The second-order valence-corrected chi connectivity index (χ2v) is 2.84. The van der Waals surface area contributed by atoms with Gasteiger partial charge < -0.3 is 10.6 Å². The van der Waals surface area contributed by atoms with Gasteiger partial charge in [-0.25, -0.2) is 15.0 Å². The number of hydrogen-bond donors (Lipinski definition) is 3. The van der Waals surface area contributed by atoms with E-state index in [1.165, 1.54) is 19.4 Å². The molecule has 0 aliphatic carbocycles. The van der Waals surface area contributed by atoms with Crippen LogP contribution in [0.2, 0.25) is 0 Å². The molecule has 16 heavy (non-hydrogen) atoms. The molecule has 1 rings (SSSR count). The zero-order chi connectivity index (χ0) is 12.0. The Labute approximate surface area is 92.5 Å². The maximum atomic E-state index is 11.2. The Morgan fingerprint density at radius 1 is 1.50 bits per heavy atom. The molecule has 0 spiro atoms. The molecule has 3 N–H and O–H groups in total. The quantitative estimate of drug-likeness (QED) is 0.502. The van der Waals surface area contributed by atoms with Crippen molar-refractivity contribution in [3.05, 3.63) is 18.0 Å². The summed E-state index contributed by atoms with van der Waals surface area (Å²) in [5, 5.41) is 12.0. The number of aromatic nitrogens is 2. The van der Waals surface area contributed by atoms with Gasteiger partial charge >= 0.3 is 0 Å². The fourth-order valence-electron chi connectivity index (χ4n) is 0.945. The minimum atomic E-state index is -0.239. The summed E-state index contributed by atoms with van der Waals surface area (Å²) in [6.45, 7) is 1.68. The van der Waals surface area contributed by atoms with Gasteiger partial charge in [0, 0.05) is 19.4 Å². The summed E-state index contributed by atoms with van der Waals surface area (Å²) in [5.41, 5.74) is 0.384. The average Bonchev–Trinajstić information content (AvgIpc) is 2.29. The van der Waals surface area contributed by atoms with Crippen molar-refractivity contribution in [2.75, 3.05) is 12.4 Å². The molecule has 7 nitrogen and oxygen atoms in total. The Morgan fingerprint density at radius 3 is 2.62 bits per heavy atom. The number of rotatable bonds is 3. The van der Waals surface area contributed by atoms with Crippen molar-refractivity contribution in [2.45, 2.75) is 6.92 Å². The Morgan fingerprint density at radius 2 is 2.12 bits per heavy atom. The van der Waals surface area contributed by atoms with Gasteiger partial charge in [-0.2, -0.15) is 0 Å². The van der Waals surface area contributed by atoms with Crippen LogP contribution in [0, 0.1) is 5.41 Å². The third kappa shape index (κ3) is 3.12. The molecule has 0 aliphatic heterocycles. The Kier molecular flexibility index (Phi) is 4.07. The molecule has 1 aromatic heterocycles. The van der Waals surface area contributed by atoms with Gasteiger partial charge in [-0.3, -0.25) is 10.2 Å². The highest BCUT2D eigenvalue weighted by Gasteiger charge is 2.04. The molecule has 0 fully saturated rings. The van der Waals surface area contributed by atoms with Gasteiger partial charge in [-0.15, -0.1) is 0 Å². The summed E-state index contributed by atoms with van der Waals surface area (Å²) in [5.74, 6) is 0.592. The lowest BCUT2D eigenvalue weighted by Gasteiger charge is -2.03. The lowest BCUT2D eigenvalue weighted by molar-refractivity contribution is 0.0962. The van der Waals surface area contributed by atoms with Gasteiger partial charge in [0.15, 0.2) is 0 Å². The van der Waals surface area contributed by atoms with Crippen molar-refractivity contribution >= 4 is 24.0 Å². The van der Waals surface area contributed by atoms with Gasteiger partial charge in [-0.05, 0) is 6.92 Å². The Balaban J connectivity index is 2.75. The Bertz CT molecular complexity index is 411. The van der Waals surface area contributed by atoms with E-state index in [9.17, 15) is 4.79 Å². The highest BCUT2D eigenvalue weighted by atomic mass is 16.1. The van der Waals surface area contributed by atoms with E-state index < -0.39 is 0 Å². The summed E-state index contributed by atoms with van der Waals surface area (Å²) < 4.78 is 0. The zero-order valence-corrected chi connectivity index (χ0v) is 8.98. The van der Waals surface area contributed by atoms with Gasteiger partial charge in [0.2, 0.25) is 5.95 Å². The van der Waals surface area contributed by atoms with E-state index in [1.54, 1.807) is 6.92 Å². The predicted molar refractivity (Wildman–Crippen MR) is 60.9 cm³/mol. The van der Waals surface area contributed by atoms with Gasteiger partial charge in [0.1, 0.15) is 12.2 Å². The van der Waals surface area contributed by atoms with Crippen molar-refractivity contribution in [1.82, 2.24) is 15.3 Å². The van der Waals surface area contributed by atoms with Gasteiger partial charge in [0.05, 0.1) is 5.56 Å². The summed E-state index contributed by atoms with van der Waals surface area (Å²) in [4.78, 5) is 22.7. The highest BCUT2D eigenvalue weighted by Crippen LogP contribution is 2.00. The second kappa shape index (κ2) is 5.54. The van der Waals surface area contributed by atoms with E-state index in [0.29, 0.717) is 17.3 Å². The molecule has 1 heterocycles. The fourth-order valence-corrected chi connectivity index (χ4v) is 0.945. The molecule has 0 bridgehead atoms. The molecule has 1 amide bonds. The van der Waals surface area contributed by atoms with Gasteiger partial charge in [0.25, 0.3) is 5.91 Å². The molecule has 0 aliphatic rings. The lowest BCUT2D eigenvalue weighted by atomic mass is 10.3. The molecule has 84 valence electrons. The normalized spacial score (nSPS) is 10.8. The first kappa shape index (κ1) is 11.8. The first-order valence-electron chi connectivity index (χ1n) is 4.52. The molecule has 0 saturated heterocycles. The van der Waals surface area contributed by atoms with Crippen molar-refractivity contribution in [2.24, 2.45) is 4.99 Å². The van der Waals surface area contributed by atoms with Crippen molar-refractivity contribution in [3.8, 4) is 0 Å². The number of hydrogen-bond acceptors (Lipinski definition) is 4. The molecule has 0 aromatic carbocycles. The number of amidine groups is 1. The van der Waals surface area contributed by atoms with Crippen LogP contribution in [0.5, 0.6) is 0 Å². The summed E-state index contributed by atoms with van der Waals surface area (Å²) >= 11 is 0. The molecule has 0 saturated carbocycles. The second-order valence-electron chi connectivity index (χ2n) is 2.84. The number of nitrogens with zero attached hydrogens (tertiary/aromatic N) is 3. The van der Waals surface area contributed by atoms with Crippen LogP contribution in [0.25, 0.3) is 0 Å². The van der Waals surface area contributed by atoms with Crippen LogP contribution in [0.4, 0.5) is 5.95 Å². The molecular weight excluding hydrogens is 208 g/mol. The van der Waals surface area contributed by atoms with Crippen LogP contribution in [0.15, 0.2) is 17.4 Å². The van der Waals surface area contributed by atoms with Crippen molar-refractivity contribution in [3.63, 3.8) is 0 Å². The van der Waals surface area contributed by atoms with Crippen LogP contribution >= 0.6 is 0 Å². The zero-order valence-electron chi connectivity index (χ0n) is 8.98. The highest BCUT2D eigenvalue weighted by molar-refractivity contribution is 5.96. The average molecular weight is 220 g/mol. The summed E-state index contributed by atoms with van der Waals surface area (Å²) in [6.07, 6.45) is 3.74. The molecule has 7 heteroatoms. The van der Waals surface area contributed by atoms with E-state index in [0.717, 1.165) is 6.34 Å². The third-order valence-electron chi connectivity index (χ3n) is 1.69. The smallest absolute Gasteiger partial charge is 0.254 e. The molecular formula is C9H12N6O. The topological polar surface area (TPSA) is 103 Å². The number of nitrogens with one attached hydrogen (secondary N) is 3. The molecule has 0 unspecified atom stereocenters. The van der Waals surface area contributed by atoms with Crippen molar-refractivity contribution in [1.29, 1.82) is 5.41 Å². The predicted octanol–water partition coefficient (Wildman–Crippen LogP) is 0.274. The van der Waals surface area contributed by atoms with Crippen LogP contribution in [-0.2, 0) is 0 Å². The SMILES string of the molecule is CNC(=O)c1cnc(N/C(C)=N\C=N)nc1.